The van der Waals surface area contributed by atoms with E-state index in [0.29, 0.717) is 17.3 Å². The van der Waals surface area contributed by atoms with Gasteiger partial charge in [0.25, 0.3) is 0 Å². The fourth-order valence-electron chi connectivity index (χ4n) is 1.54. The maximum Gasteiger partial charge on any atom is 0.138 e. The molecular formula is C14H22ClNO2. The first kappa shape index (κ1) is 15.3. The molecule has 1 atom stereocenters. The van der Waals surface area contributed by atoms with E-state index in [4.69, 9.17) is 16.3 Å². The molecule has 0 radical (unpaired) electrons. The smallest absolute Gasteiger partial charge is 0.138 e. The van der Waals surface area contributed by atoms with Crippen LogP contribution in [0.5, 0.6) is 5.75 Å². The van der Waals surface area contributed by atoms with Crippen molar-refractivity contribution < 1.29 is 9.84 Å². The van der Waals surface area contributed by atoms with Gasteiger partial charge in [-0.2, -0.15) is 0 Å². The predicted octanol–water partition coefficient (Wildman–Crippen LogP) is 2.78. The van der Waals surface area contributed by atoms with Crippen LogP contribution in [-0.4, -0.2) is 30.4 Å². The van der Waals surface area contributed by atoms with E-state index in [0.717, 1.165) is 18.5 Å². The molecular weight excluding hydrogens is 250 g/mol. The Balaban J connectivity index is 2.50. The molecule has 0 saturated carbocycles. The second-order valence-corrected chi connectivity index (χ2v) is 5.30. The normalized spacial score (nSPS) is 14.3. The van der Waals surface area contributed by atoms with Crippen LogP contribution in [0.15, 0.2) is 18.2 Å². The number of halogens is 1. The molecule has 0 fully saturated rings. The summed E-state index contributed by atoms with van der Waals surface area (Å²) in [4.78, 5) is 0. The Morgan fingerprint density at radius 2 is 2.17 bits per heavy atom. The lowest BCUT2D eigenvalue weighted by Crippen LogP contribution is -2.43. The van der Waals surface area contributed by atoms with E-state index in [2.05, 4.69) is 12.2 Å². The molecule has 18 heavy (non-hydrogen) atoms. The topological polar surface area (TPSA) is 41.5 Å². The Hall–Kier alpha value is -0.770. The van der Waals surface area contributed by atoms with Gasteiger partial charge in [0.2, 0.25) is 0 Å². The van der Waals surface area contributed by atoms with Gasteiger partial charge in [-0.1, -0.05) is 24.6 Å². The van der Waals surface area contributed by atoms with Crippen LogP contribution >= 0.6 is 11.6 Å². The molecule has 1 aromatic rings. The molecule has 2 N–H and O–H groups in total. The van der Waals surface area contributed by atoms with Gasteiger partial charge in [-0.25, -0.2) is 0 Å². The number of nitrogens with one attached hydrogen (secondary N) is 1. The first-order valence-electron chi connectivity index (χ1n) is 6.26. The molecule has 1 unspecified atom stereocenters. The molecule has 102 valence electrons. The summed E-state index contributed by atoms with van der Waals surface area (Å²) in [6, 6.07) is 5.60. The van der Waals surface area contributed by atoms with Crippen LogP contribution in [-0.2, 0) is 0 Å². The number of benzene rings is 1. The van der Waals surface area contributed by atoms with E-state index in [1.807, 2.05) is 19.1 Å². The van der Waals surface area contributed by atoms with Crippen molar-refractivity contribution in [1.82, 2.24) is 5.32 Å². The third kappa shape index (κ3) is 5.25. The molecule has 4 heteroatoms. The fraction of sp³-hybridized carbons (Fsp3) is 0.571. The summed E-state index contributed by atoms with van der Waals surface area (Å²) >= 11 is 6.03. The van der Waals surface area contributed by atoms with Crippen LogP contribution < -0.4 is 10.1 Å². The van der Waals surface area contributed by atoms with E-state index in [1.54, 1.807) is 13.0 Å². The number of ether oxygens (including phenoxy) is 1. The van der Waals surface area contributed by atoms with Gasteiger partial charge in [0, 0.05) is 6.54 Å². The number of hydrogen-bond donors (Lipinski definition) is 2. The standard InChI is InChI=1S/C14H22ClNO2/c1-4-7-16-9-14(3,17)10-18-13-8-11(2)5-6-12(13)15/h5-6,8,16-17H,4,7,9-10H2,1-3H3. The van der Waals surface area contributed by atoms with E-state index < -0.39 is 5.60 Å². The highest BCUT2D eigenvalue weighted by molar-refractivity contribution is 6.32. The zero-order chi connectivity index (χ0) is 13.6. The Kier molecular flexibility index (Phi) is 5.93. The van der Waals surface area contributed by atoms with Crippen LogP contribution in [0.1, 0.15) is 25.8 Å². The van der Waals surface area contributed by atoms with Crippen molar-refractivity contribution in [3.63, 3.8) is 0 Å². The molecule has 0 saturated heterocycles. The number of rotatable bonds is 7. The average Bonchev–Trinajstić information content (AvgIpc) is 2.31. The second kappa shape index (κ2) is 6.98. The number of aliphatic hydroxyl groups is 1. The zero-order valence-electron chi connectivity index (χ0n) is 11.3. The largest absolute Gasteiger partial charge is 0.489 e. The van der Waals surface area contributed by atoms with E-state index in [9.17, 15) is 5.11 Å². The van der Waals surface area contributed by atoms with Crippen LogP contribution in [0.4, 0.5) is 0 Å². The quantitative estimate of drug-likeness (QED) is 0.750. The Morgan fingerprint density at radius 3 is 2.83 bits per heavy atom. The SMILES string of the molecule is CCCNCC(C)(O)COc1cc(C)ccc1Cl. The van der Waals surface area contributed by atoms with Gasteiger partial charge in [-0.3, -0.25) is 0 Å². The number of hydrogen-bond acceptors (Lipinski definition) is 3. The summed E-state index contributed by atoms with van der Waals surface area (Å²) in [5, 5.41) is 13.9. The van der Waals surface area contributed by atoms with Gasteiger partial charge >= 0.3 is 0 Å². The predicted molar refractivity (Wildman–Crippen MR) is 75.5 cm³/mol. The highest BCUT2D eigenvalue weighted by Crippen LogP contribution is 2.25. The Bertz CT molecular complexity index is 380. The lowest BCUT2D eigenvalue weighted by molar-refractivity contribution is 0.0125. The van der Waals surface area contributed by atoms with Crippen LogP contribution in [0, 0.1) is 6.92 Å². The maximum atomic E-state index is 10.1. The molecule has 1 aromatic carbocycles. The maximum absolute atomic E-state index is 10.1. The van der Waals surface area contributed by atoms with Gasteiger partial charge < -0.3 is 15.2 Å². The van der Waals surface area contributed by atoms with Gasteiger partial charge in [0.1, 0.15) is 18.0 Å². The summed E-state index contributed by atoms with van der Waals surface area (Å²) in [5.41, 5.74) is 0.181. The lowest BCUT2D eigenvalue weighted by atomic mass is 10.1. The third-order valence-corrected chi connectivity index (χ3v) is 2.87. The van der Waals surface area contributed by atoms with Crippen molar-refractivity contribution in [2.45, 2.75) is 32.8 Å². The summed E-state index contributed by atoms with van der Waals surface area (Å²) in [6.07, 6.45) is 1.04. The zero-order valence-corrected chi connectivity index (χ0v) is 12.0. The van der Waals surface area contributed by atoms with Crippen molar-refractivity contribution in [3.05, 3.63) is 28.8 Å². The Morgan fingerprint density at radius 1 is 1.44 bits per heavy atom. The van der Waals surface area contributed by atoms with E-state index >= 15 is 0 Å². The minimum Gasteiger partial charge on any atom is -0.489 e. The Labute approximate surface area is 114 Å². The van der Waals surface area contributed by atoms with Gasteiger partial charge in [-0.15, -0.1) is 0 Å². The first-order valence-corrected chi connectivity index (χ1v) is 6.64. The summed E-state index contributed by atoms with van der Waals surface area (Å²) < 4.78 is 5.59. The van der Waals surface area contributed by atoms with Gasteiger partial charge in [-0.05, 0) is 44.5 Å². The van der Waals surface area contributed by atoms with Crippen molar-refractivity contribution in [1.29, 1.82) is 0 Å². The number of aryl methyl sites for hydroxylation is 1. The molecule has 3 nitrogen and oxygen atoms in total. The second-order valence-electron chi connectivity index (χ2n) is 4.90. The average molecular weight is 272 g/mol. The van der Waals surface area contributed by atoms with Crippen LogP contribution in [0.25, 0.3) is 0 Å². The highest BCUT2D eigenvalue weighted by atomic mass is 35.5. The van der Waals surface area contributed by atoms with Crippen molar-refractivity contribution in [3.8, 4) is 5.75 Å². The molecule has 0 bridgehead atoms. The van der Waals surface area contributed by atoms with Gasteiger partial charge in [0.15, 0.2) is 0 Å². The molecule has 0 amide bonds. The molecule has 0 heterocycles. The molecule has 0 aromatic heterocycles. The highest BCUT2D eigenvalue weighted by Gasteiger charge is 2.21. The summed E-state index contributed by atoms with van der Waals surface area (Å²) in [7, 11) is 0. The van der Waals surface area contributed by atoms with Crippen LogP contribution in [0.3, 0.4) is 0 Å². The lowest BCUT2D eigenvalue weighted by Gasteiger charge is -2.24. The summed E-state index contributed by atoms with van der Waals surface area (Å²) in [6.45, 7) is 7.42. The molecule has 0 aliphatic carbocycles. The van der Waals surface area contributed by atoms with E-state index in [-0.39, 0.29) is 6.61 Å². The van der Waals surface area contributed by atoms with Crippen molar-refractivity contribution in [2.24, 2.45) is 0 Å². The van der Waals surface area contributed by atoms with Crippen molar-refractivity contribution in [2.75, 3.05) is 19.7 Å². The third-order valence-electron chi connectivity index (χ3n) is 2.56. The molecule has 0 aliphatic heterocycles. The van der Waals surface area contributed by atoms with Crippen LogP contribution in [0.2, 0.25) is 5.02 Å². The first-order chi connectivity index (χ1) is 8.44. The molecule has 1 rings (SSSR count). The molecule has 0 aliphatic rings. The molecule has 0 spiro atoms. The van der Waals surface area contributed by atoms with Gasteiger partial charge in [0.05, 0.1) is 5.02 Å². The summed E-state index contributed by atoms with van der Waals surface area (Å²) in [5.74, 6) is 0.618. The monoisotopic (exact) mass is 271 g/mol. The van der Waals surface area contributed by atoms with Crippen molar-refractivity contribution >= 4 is 11.6 Å². The fourth-order valence-corrected chi connectivity index (χ4v) is 1.71. The minimum absolute atomic E-state index is 0.215. The van der Waals surface area contributed by atoms with E-state index in [1.165, 1.54) is 0 Å². The minimum atomic E-state index is -0.901.